The van der Waals surface area contributed by atoms with Gasteiger partial charge in [0.2, 0.25) is 0 Å². The predicted molar refractivity (Wildman–Crippen MR) is 99.2 cm³/mol. The topological polar surface area (TPSA) is 117 Å². The maximum Gasteiger partial charge on any atom is 0.330 e. The first-order valence-corrected chi connectivity index (χ1v) is 7.69. The van der Waals surface area contributed by atoms with Gasteiger partial charge < -0.3 is 20.9 Å². The van der Waals surface area contributed by atoms with Crippen LogP contribution >= 0.6 is 0 Å². The van der Waals surface area contributed by atoms with Gasteiger partial charge in [-0.05, 0) is 35.9 Å². The second kappa shape index (κ2) is 9.03. The first kappa shape index (κ1) is 18.7. The van der Waals surface area contributed by atoms with E-state index in [0.29, 0.717) is 17.0 Å². The van der Waals surface area contributed by atoms with Gasteiger partial charge in [0, 0.05) is 11.6 Å². The molecule has 0 spiro atoms. The molecule has 0 aromatic heterocycles. The minimum Gasteiger partial charge on any atom is -0.485 e. The third-order valence-corrected chi connectivity index (χ3v) is 3.27. The fourth-order valence-electron chi connectivity index (χ4n) is 2.07. The Bertz CT molecular complexity index is 855. The lowest BCUT2D eigenvalue weighted by Crippen LogP contribution is -2.21. The monoisotopic (exact) mass is 353 g/mol. The van der Waals surface area contributed by atoms with Crippen LogP contribution in [0, 0.1) is 0 Å². The number of methoxy groups -OCH3 is 1. The van der Waals surface area contributed by atoms with Gasteiger partial charge in [-0.1, -0.05) is 24.3 Å². The summed E-state index contributed by atoms with van der Waals surface area (Å²) in [5.74, 6) is -0.242. The number of Topliss-reactive ketones (excluding diaryl/α,β-unsaturated/α-hetero) is 1. The summed E-state index contributed by atoms with van der Waals surface area (Å²) in [5.41, 5.74) is 12.3. The van der Waals surface area contributed by atoms with Gasteiger partial charge in [-0.3, -0.25) is 4.79 Å². The molecule has 4 N–H and O–H groups in total. The van der Waals surface area contributed by atoms with E-state index in [0.717, 1.165) is 5.56 Å². The summed E-state index contributed by atoms with van der Waals surface area (Å²) in [5, 5.41) is 0. The van der Waals surface area contributed by atoms with Crippen molar-refractivity contribution in [2.24, 2.45) is 16.5 Å². The van der Waals surface area contributed by atoms with Crippen LogP contribution in [-0.4, -0.2) is 31.4 Å². The summed E-state index contributed by atoms with van der Waals surface area (Å²) in [7, 11) is 1.31. The number of hydrogen-bond acceptors (Lipinski definition) is 5. The fraction of sp³-hybridized carbons (Fsp3) is 0.105. The molecule has 0 amide bonds. The summed E-state index contributed by atoms with van der Waals surface area (Å²) in [6, 6.07) is 13.6. The van der Waals surface area contributed by atoms with Crippen LogP contribution in [-0.2, 0) is 9.53 Å². The van der Waals surface area contributed by atoms with Crippen molar-refractivity contribution in [3.63, 3.8) is 0 Å². The molecule has 2 aromatic carbocycles. The van der Waals surface area contributed by atoms with Gasteiger partial charge in [0.1, 0.15) is 5.75 Å². The molecular formula is C19H19N3O4. The molecule has 2 rings (SSSR count). The Balaban J connectivity index is 2.02. The number of esters is 1. The van der Waals surface area contributed by atoms with Gasteiger partial charge in [0.25, 0.3) is 0 Å². The highest BCUT2D eigenvalue weighted by atomic mass is 16.5. The van der Waals surface area contributed by atoms with Gasteiger partial charge in [-0.15, -0.1) is 0 Å². The molecule has 0 unspecified atom stereocenters. The second-order valence-corrected chi connectivity index (χ2v) is 5.23. The number of hydrogen-bond donors (Lipinski definition) is 2. The molecule has 0 heterocycles. The molecule has 26 heavy (non-hydrogen) atoms. The Morgan fingerprint density at radius 1 is 1.12 bits per heavy atom. The molecule has 0 aliphatic carbocycles. The standard InChI is InChI=1S/C19H19N3O4/c1-25-18(24)9-8-13-4-2-7-16(10-13)26-12-17(23)14-5-3-6-15(11-14)22-19(20)21/h2-11H,12H2,1H3,(H4,20,21,22)/b9-8+. The summed E-state index contributed by atoms with van der Waals surface area (Å²) < 4.78 is 10.1. The normalized spacial score (nSPS) is 10.3. The van der Waals surface area contributed by atoms with Crippen molar-refractivity contribution < 1.29 is 19.1 Å². The largest absolute Gasteiger partial charge is 0.485 e. The third kappa shape index (κ3) is 5.79. The molecule has 0 atom stereocenters. The number of rotatable bonds is 7. The van der Waals surface area contributed by atoms with Crippen LogP contribution in [0.1, 0.15) is 15.9 Å². The molecule has 0 fully saturated rings. The van der Waals surface area contributed by atoms with Crippen LogP contribution in [0.5, 0.6) is 5.75 Å². The van der Waals surface area contributed by atoms with Gasteiger partial charge in [-0.2, -0.15) is 0 Å². The van der Waals surface area contributed by atoms with Crippen LogP contribution < -0.4 is 16.2 Å². The van der Waals surface area contributed by atoms with Crippen LogP contribution in [0.4, 0.5) is 5.69 Å². The number of aliphatic imine (C=N–C) groups is 1. The number of carbonyl (C=O) groups excluding carboxylic acids is 2. The number of ether oxygens (including phenoxy) is 2. The zero-order chi connectivity index (χ0) is 18.9. The molecule has 134 valence electrons. The van der Waals surface area contributed by atoms with Crippen LogP contribution in [0.2, 0.25) is 0 Å². The second-order valence-electron chi connectivity index (χ2n) is 5.23. The Labute approximate surface area is 150 Å². The van der Waals surface area contributed by atoms with Gasteiger partial charge in [-0.25, -0.2) is 9.79 Å². The van der Waals surface area contributed by atoms with E-state index in [9.17, 15) is 9.59 Å². The van der Waals surface area contributed by atoms with Crippen molar-refractivity contribution >= 4 is 29.5 Å². The number of ketones is 1. The third-order valence-electron chi connectivity index (χ3n) is 3.27. The van der Waals surface area contributed by atoms with E-state index in [2.05, 4.69) is 9.73 Å². The molecule has 0 aliphatic rings. The lowest BCUT2D eigenvalue weighted by Gasteiger charge is -2.07. The molecule has 0 bridgehead atoms. The van der Waals surface area contributed by atoms with Gasteiger partial charge in [0.05, 0.1) is 12.8 Å². The van der Waals surface area contributed by atoms with Crippen LogP contribution in [0.3, 0.4) is 0 Å². The van der Waals surface area contributed by atoms with Crippen LogP contribution in [0.25, 0.3) is 6.08 Å². The van der Waals surface area contributed by atoms with E-state index in [-0.39, 0.29) is 18.3 Å². The highest BCUT2D eigenvalue weighted by Gasteiger charge is 2.08. The van der Waals surface area contributed by atoms with E-state index in [1.165, 1.54) is 13.2 Å². The maximum atomic E-state index is 12.3. The van der Waals surface area contributed by atoms with Crippen molar-refractivity contribution in [1.29, 1.82) is 0 Å². The summed E-state index contributed by atoms with van der Waals surface area (Å²) in [6.45, 7) is -0.143. The first-order valence-electron chi connectivity index (χ1n) is 7.69. The zero-order valence-corrected chi connectivity index (χ0v) is 14.2. The van der Waals surface area contributed by atoms with E-state index >= 15 is 0 Å². The average molecular weight is 353 g/mol. The first-order chi connectivity index (χ1) is 12.5. The van der Waals surface area contributed by atoms with Gasteiger partial charge in [0.15, 0.2) is 18.3 Å². The highest BCUT2D eigenvalue weighted by Crippen LogP contribution is 2.17. The Morgan fingerprint density at radius 3 is 2.62 bits per heavy atom. The van der Waals surface area contributed by atoms with Crippen molar-refractivity contribution in [2.75, 3.05) is 13.7 Å². The smallest absolute Gasteiger partial charge is 0.330 e. The summed E-state index contributed by atoms with van der Waals surface area (Å²) >= 11 is 0. The molecular weight excluding hydrogens is 334 g/mol. The lowest BCUT2D eigenvalue weighted by molar-refractivity contribution is -0.134. The van der Waals surface area contributed by atoms with Crippen molar-refractivity contribution in [3.05, 3.63) is 65.7 Å². The lowest BCUT2D eigenvalue weighted by atomic mass is 10.1. The number of guanidine groups is 1. The van der Waals surface area contributed by atoms with Crippen molar-refractivity contribution in [1.82, 2.24) is 0 Å². The van der Waals surface area contributed by atoms with E-state index < -0.39 is 5.97 Å². The quantitative estimate of drug-likeness (QED) is 0.259. The Hall–Kier alpha value is -3.61. The highest BCUT2D eigenvalue weighted by molar-refractivity contribution is 5.98. The Morgan fingerprint density at radius 2 is 1.88 bits per heavy atom. The summed E-state index contributed by atoms with van der Waals surface area (Å²) in [6.07, 6.45) is 2.90. The minimum absolute atomic E-state index is 0.0809. The Kier molecular flexibility index (Phi) is 6.50. The number of nitrogens with zero attached hydrogens (tertiary/aromatic N) is 1. The molecule has 0 saturated carbocycles. The van der Waals surface area contributed by atoms with Crippen LogP contribution in [0.15, 0.2) is 59.6 Å². The van der Waals surface area contributed by atoms with E-state index in [1.54, 1.807) is 54.6 Å². The average Bonchev–Trinajstić information content (AvgIpc) is 2.64. The maximum absolute atomic E-state index is 12.3. The van der Waals surface area contributed by atoms with Gasteiger partial charge >= 0.3 is 5.97 Å². The molecule has 0 saturated heterocycles. The number of benzene rings is 2. The molecule has 2 aromatic rings. The SMILES string of the molecule is COC(=O)/C=C/c1cccc(OCC(=O)c2cccc(N=C(N)N)c2)c1. The molecule has 7 nitrogen and oxygen atoms in total. The number of nitrogens with two attached hydrogens (primary N) is 2. The van der Waals surface area contributed by atoms with Crippen molar-refractivity contribution in [3.8, 4) is 5.75 Å². The van der Waals surface area contributed by atoms with Crippen molar-refractivity contribution in [2.45, 2.75) is 0 Å². The summed E-state index contributed by atoms with van der Waals surface area (Å²) in [4.78, 5) is 27.3. The number of carbonyl (C=O) groups is 2. The molecule has 0 radical (unpaired) electrons. The predicted octanol–water partition coefficient (Wildman–Crippen LogP) is 2.04. The fourth-order valence-corrected chi connectivity index (χ4v) is 2.07. The van der Waals surface area contributed by atoms with E-state index in [4.69, 9.17) is 16.2 Å². The molecule has 0 aliphatic heterocycles. The van der Waals surface area contributed by atoms with E-state index in [1.807, 2.05) is 0 Å². The zero-order valence-electron chi connectivity index (χ0n) is 14.2. The minimum atomic E-state index is -0.452. The molecule has 7 heteroatoms.